The van der Waals surface area contributed by atoms with E-state index in [1.165, 1.54) is 12.1 Å². The molecule has 0 amide bonds. The first-order chi connectivity index (χ1) is 9.13. The molecular weight excluding hydrogens is 276 g/mol. The van der Waals surface area contributed by atoms with Crippen molar-refractivity contribution in [1.82, 2.24) is 0 Å². The molecule has 2 nitrogen and oxygen atoms in total. The Kier molecular flexibility index (Phi) is 3.52. The second kappa shape index (κ2) is 4.75. The summed E-state index contributed by atoms with van der Waals surface area (Å²) in [6.45, 7) is 1.86. The average molecular weight is 290 g/mol. The van der Waals surface area contributed by atoms with Crippen LogP contribution >= 0.6 is 0 Å². The average Bonchev–Trinajstić information content (AvgIpc) is 2.32. The van der Waals surface area contributed by atoms with Crippen LogP contribution in [0.5, 0.6) is 5.75 Å². The van der Waals surface area contributed by atoms with Crippen molar-refractivity contribution >= 4 is 5.78 Å². The Morgan fingerprint density at radius 3 is 2.55 bits per heavy atom. The molecule has 20 heavy (non-hydrogen) atoms. The number of carbonyl (C=O) groups is 1. The highest BCUT2D eigenvalue weighted by Crippen LogP contribution is 2.44. The van der Waals surface area contributed by atoms with Crippen molar-refractivity contribution in [2.75, 3.05) is 6.61 Å². The fourth-order valence-electron chi connectivity index (χ4n) is 2.21. The standard InChI is InChI=1S/C14H14F4O2/c1-13(2,14(16,17)18)6-8-7-20-12-9(11(8)19)4-3-5-10(12)15/h3-5,8H,6-7H2,1-2H3. The van der Waals surface area contributed by atoms with Crippen molar-refractivity contribution in [3.63, 3.8) is 0 Å². The SMILES string of the molecule is CC(C)(CC1COc2c(F)cccc2C1=O)C(F)(F)F. The van der Waals surface area contributed by atoms with Crippen molar-refractivity contribution in [3.05, 3.63) is 29.6 Å². The Morgan fingerprint density at radius 2 is 1.95 bits per heavy atom. The van der Waals surface area contributed by atoms with E-state index in [1.54, 1.807) is 0 Å². The first-order valence-corrected chi connectivity index (χ1v) is 6.16. The summed E-state index contributed by atoms with van der Waals surface area (Å²) in [6, 6.07) is 3.85. The minimum Gasteiger partial charge on any atom is -0.489 e. The Hall–Kier alpha value is -1.59. The van der Waals surface area contributed by atoms with E-state index >= 15 is 0 Å². The molecule has 6 heteroatoms. The number of hydrogen-bond acceptors (Lipinski definition) is 2. The lowest BCUT2D eigenvalue weighted by Gasteiger charge is -2.33. The molecule has 1 aromatic carbocycles. The molecule has 0 saturated heterocycles. The van der Waals surface area contributed by atoms with Crippen LogP contribution in [0.4, 0.5) is 17.6 Å². The number of carbonyl (C=O) groups excluding carboxylic acids is 1. The van der Waals surface area contributed by atoms with E-state index < -0.39 is 29.1 Å². The third kappa shape index (κ3) is 2.51. The zero-order valence-corrected chi connectivity index (χ0v) is 11.1. The summed E-state index contributed by atoms with van der Waals surface area (Å²) in [6.07, 6.45) is -4.79. The maximum absolute atomic E-state index is 13.4. The molecule has 110 valence electrons. The fraction of sp³-hybridized carbons (Fsp3) is 0.500. The maximum Gasteiger partial charge on any atom is 0.394 e. The van der Waals surface area contributed by atoms with Crippen LogP contribution < -0.4 is 4.74 Å². The molecule has 0 bridgehead atoms. The van der Waals surface area contributed by atoms with Gasteiger partial charge in [0, 0.05) is 0 Å². The molecule has 0 aliphatic carbocycles. The topological polar surface area (TPSA) is 26.3 Å². The first kappa shape index (κ1) is 14.8. The lowest BCUT2D eigenvalue weighted by molar-refractivity contribution is -0.216. The molecule has 2 rings (SSSR count). The number of alkyl halides is 3. The van der Waals surface area contributed by atoms with Crippen LogP contribution in [0.25, 0.3) is 0 Å². The second-order valence-electron chi connectivity index (χ2n) is 5.57. The highest BCUT2D eigenvalue weighted by molar-refractivity contribution is 6.01. The van der Waals surface area contributed by atoms with Crippen LogP contribution in [0.1, 0.15) is 30.6 Å². The molecule has 1 unspecified atom stereocenters. The van der Waals surface area contributed by atoms with E-state index in [0.717, 1.165) is 19.9 Å². The summed E-state index contributed by atoms with van der Waals surface area (Å²) >= 11 is 0. The van der Waals surface area contributed by atoms with Crippen LogP contribution in [-0.4, -0.2) is 18.6 Å². The van der Waals surface area contributed by atoms with Gasteiger partial charge in [-0.1, -0.05) is 19.9 Å². The Labute approximate surface area is 113 Å². The third-order valence-corrected chi connectivity index (χ3v) is 3.56. The van der Waals surface area contributed by atoms with Gasteiger partial charge in [-0.15, -0.1) is 0 Å². The number of ketones is 1. The number of para-hydroxylation sites is 1. The summed E-state index contributed by atoms with van der Waals surface area (Å²) in [5.41, 5.74) is -1.99. The van der Waals surface area contributed by atoms with Gasteiger partial charge in [0.1, 0.15) is 0 Å². The van der Waals surface area contributed by atoms with Crippen LogP contribution in [0.15, 0.2) is 18.2 Å². The Balaban J connectivity index is 2.25. The number of fused-ring (bicyclic) bond motifs is 1. The third-order valence-electron chi connectivity index (χ3n) is 3.56. The zero-order valence-electron chi connectivity index (χ0n) is 11.1. The fourth-order valence-corrected chi connectivity index (χ4v) is 2.21. The highest BCUT2D eigenvalue weighted by atomic mass is 19.4. The number of Topliss-reactive ketones (excluding diaryl/α,β-unsaturated/α-hetero) is 1. The molecule has 1 heterocycles. The predicted octanol–water partition coefficient (Wildman–Crippen LogP) is 4.00. The van der Waals surface area contributed by atoms with Crippen LogP contribution in [0, 0.1) is 17.2 Å². The van der Waals surface area contributed by atoms with Crippen molar-refractivity contribution in [2.24, 2.45) is 11.3 Å². The van der Waals surface area contributed by atoms with Crippen LogP contribution in [-0.2, 0) is 0 Å². The zero-order chi connectivity index (χ0) is 15.1. The molecule has 1 aromatic rings. The van der Waals surface area contributed by atoms with E-state index in [4.69, 9.17) is 4.74 Å². The molecule has 0 radical (unpaired) electrons. The van der Waals surface area contributed by atoms with E-state index in [9.17, 15) is 22.4 Å². The van der Waals surface area contributed by atoms with Gasteiger partial charge < -0.3 is 4.74 Å². The van der Waals surface area contributed by atoms with Crippen molar-refractivity contribution in [3.8, 4) is 5.75 Å². The van der Waals surface area contributed by atoms with Crippen molar-refractivity contribution in [1.29, 1.82) is 0 Å². The smallest absolute Gasteiger partial charge is 0.394 e. The van der Waals surface area contributed by atoms with Gasteiger partial charge in [-0.2, -0.15) is 13.2 Å². The molecule has 1 aliphatic heterocycles. The van der Waals surface area contributed by atoms with Gasteiger partial charge in [0.2, 0.25) is 0 Å². The number of benzene rings is 1. The van der Waals surface area contributed by atoms with Gasteiger partial charge in [0.25, 0.3) is 0 Å². The largest absolute Gasteiger partial charge is 0.489 e. The van der Waals surface area contributed by atoms with Crippen LogP contribution in [0.3, 0.4) is 0 Å². The second-order valence-corrected chi connectivity index (χ2v) is 5.57. The van der Waals surface area contributed by atoms with E-state index in [-0.39, 0.29) is 24.3 Å². The van der Waals surface area contributed by atoms with Gasteiger partial charge in [-0.05, 0) is 18.6 Å². The van der Waals surface area contributed by atoms with Gasteiger partial charge in [0.15, 0.2) is 17.3 Å². The van der Waals surface area contributed by atoms with E-state index in [1.807, 2.05) is 0 Å². The molecule has 0 aromatic heterocycles. The Bertz CT molecular complexity index is 534. The number of hydrogen-bond donors (Lipinski definition) is 0. The summed E-state index contributed by atoms with van der Waals surface area (Å²) in [7, 11) is 0. The van der Waals surface area contributed by atoms with E-state index in [0.29, 0.717) is 0 Å². The molecule has 0 N–H and O–H groups in total. The molecular formula is C14H14F4O2. The molecule has 1 aliphatic rings. The highest BCUT2D eigenvalue weighted by Gasteiger charge is 2.49. The maximum atomic E-state index is 13.4. The van der Waals surface area contributed by atoms with Gasteiger partial charge in [-0.25, -0.2) is 4.39 Å². The summed E-state index contributed by atoms with van der Waals surface area (Å²) in [4.78, 5) is 12.2. The predicted molar refractivity (Wildman–Crippen MR) is 64.2 cm³/mol. The van der Waals surface area contributed by atoms with Gasteiger partial charge in [0.05, 0.1) is 23.5 Å². The molecule has 0 fully saturated rings. The van der Waals surface area contributed by atoms with E-state index in [2.05, 4.69) is 0 Å². The van der Waals surface area contributed by atoms with Gasteiger partial charge >= 0.3 is 6.18 Å². The molecule has 1 atom stereocenters. The molecule has 0 saturated carbocycles. The quantitative estimate of drug-likeness (QED) is 0.770. The summed E-state index contributed by atoms with van der Waals surface area (Å²) in [5.74, 6) is -2.26. The number of halogens is 4. The minimum atomic E-state index is -4.41. The normalized spacial score (nSPS) is 19.5. The van der Waals surface area contributed by atoms with Gasteiger partial charge in [-0.3, -0.25) is 4.79 Å². The first-order valence-electron chi connectivity index (χ1n) is 6.16. The summed E-state index contributed by atoms with van der Waals surface area (Å²) in [5, 5.41) is 0. The van der Waals surface area contributed by atoms with Crippen molar-refractivity contribution < 1.29 is 27.1 Å². The lowest BCUT2D eigenvalue weighted by Crippen LogP contribution is -2.39. The van der Waals surface area contributed by atoms with Crippen molar-refractivity contribution in [2.45, 2.75) is 26.4 Å². The summed E-state index contributed by atoms with van der Waals surface area (Å²) < 4.78 is 57.2. The van der Waals surface area contributed by atoms with Crippen LogP contribution in [0.2, 0.25) is 0 Å². The number of rotatable bonds is 2. The Morgan fingerprint density at radius 1 is 1.30 bits per heavy atom. The monoisotopic (exact) mass is 290 g/mol. The number of ether oxygens (including phenoxy) is 1. The minimum absolute atomic E-state index is 0.0132. The lowest BCUT2D eigenvalue weighted by atomic mass is 9.78. The molecule has 0 spiro atoms.